The minimum absolute atomic E-state index is 0. The fourth-order valence-electron chi connectivity index (χ4n) is 2.83. The smallest absolute Gasteiger partial charge is 0.250 e. The molecule has 27 heavy (non-hydrogen) atoms. The van der Waals surface area contributed by atoms with Crippen LogP contribution in [0, 0.1) is 12.7 Å². The van der Waals surface area contributed by atoms with Gasteiger partial charge >= 0.3 is 0 Å². The third-order valence-corrected chi connectivity index (χ3v) is 4.27. The third-order valence-electron chi connectivity index (χ3n) is 4.27. The number of halogens is 2. The van der Waals surface area contributed by atoms with E-state index in [1.54, 1.807) is 35.9 Å². The predicted octanol–water partition coefficient (Wildman–Crippen LogP) is 3.40. The highest BCUT2D eigenvalue weighted by atomic mass is 127. The van der Waals surface area contributed by atoms with Crippen LogP contribution in [0.3, 0.4) is 0 Å². The molecule has 1 aromatic carbocycles. The Hall–Kier alpha value is -1.90. The van der Waals surface area contributed by atoms with E-state index in [0.29, 0.717) is 6.54 Å². The summed E-state index contributed by atoms with van der Waals surface area (Å²) in [5, 5.41) is 3.33. The molecule has 0 radical (unpaired) electrons. The lowest BCUT2D eigenvalue weighted by molar-refractivity contribution is 0.472. The first-order chi connectivity index (χ1) is 12.5. The number of benzene rings is 1. The van der Waals surface area contributed by atoms with Crippen molar-refractivity contribution in [2.24, 2.45) is 4.99 Å². The lowest BCUT2D eigenvalue weighted by atomic mass is 10.2. The molecule has 0 saturated carbocycles. The molecule has 0 fully saturated rings. The predicted molar refractivity (Wildman–Crippen MR) is 119 cm³/mol. The van der Waals surface area contributed by atoms with E-state index in [1.807, 2.05) is 24.9 Å². The lowest BCUT2D eigenvalue weighted by Gasteiger charge is -2.22. The van der Waals surface area contributed by atoms with Gasteiger partial charge in [0.2, 0.25) is 0 Å². The molecule has 0 aliphatic rings. The van der Waals surface area contributed by atoms with E-state index < -0.39 is 0 Å². The average Bonchev–Trinajstić information content (AvgIpc) is 2.62. The van der Waals surface area contributed by atoms with Crippen LogP contribution in [0.4, 0.5) is 4.39 Å². The van der Waals surface area contributed by atoms with Gasteiger partial charge in [-0.1, -0.05) is 18.2 Å². The molecule has 148 valence electrons. The fraction of sp³-hybridized carbons (Fsp3) is 0.400. The molecular formula is C20H28FIN4O. The van der Waals surface area contributed by atoms with Crippen LogP contribution in [-0.4, -0.2) is 36.1 Å². The van der Waals surface area contributed by atoms with Crippen molar-refractivity contribution in [3.05, 3.63) is 69.9 Å². The van der Waals surface area contributed by atoms with Crippen LogP contribution in [0.25, 0.3) is 0 Å². The van der Waals surface area contributed by atoms with Gasteiger partial charge in [0, 0.05) is 45.5 Å². The summed E-state index contributed by atoms with van der Waals surface area (Å²) < 4.78 is 14.8. The zero-order chi connectivity index (χ0) is 18.9. The second-order valence-corrected chi connectivity index (χ2v) is 6.32. The van der Waals surface area contributed by atoms with Crippen molar-refractivity contribution in [2.45, 2.75) is 32.9 Å². The van der Waals surface area contributed by atoms with E-state index in [2.05, 4.69) is 10.3 Å². The number of aryl methyl sites for hydroxylation is 1. The maximum Gasteiger partial charge on any atom is 0.250 e. The first kappa shape index (κ1) is 23.1. The van der Waals surface area contributed by atoms with E-state index in [9.17, 15) is 9.18 Å². The molecule has 7 heteroatoms. The second-order valence-electron chi connectivity index (χ2n) is 6.32. The topological polar surface area (TPSA) is 49.6 Å². The number of pyridine rings is 1. The van der Waals surface area contributed by atoms with Gasteiger partial charge in [-0.15, -0.1) is 24.0 Å². The maximum absolute atomic E-state index is 13.0. The molecule has 0 atom stereocenters. The summed E-state index contributed by atoms with van der Waals surface area (Å²) in [5.41, 5.74) is 2.06. The minimum atomic E-state index is -0.230. The molecule has 2 aromatic rings. The number of hydrogen-bond acceptors (Lipinski definition) is 2. The zero-order valence-electron chi connectivity index (χ0n) is 16.1. The Morgan fingerprint density at radius 1 is 1.19 bits per heavy atom. The van der Waals surface area contributed by atoms with Gasteiger partial charge in [-0.3, -0.25) is 9.79 Å². The molecule has 0 amide bonds. The van der Waals surface area contributed by atoms with Gasteiger partial charge in [-0.2, -0.15) is 0 Å². The van der Waals surface area contributed by atoms with Gasteiger partial charge < -0.3 is 14.8 Å². The summed E-state index contributed by atoms with van der Waals surface area (Å²) in [5.74, 6) is 0.564. The first-order valence-electron chi connectivity index (χ1n) is 8.84. The Morgan fingerprint density at radius 2 is 1.89 bits per heavy atom. The quantitative estimate of drug-likeness (QED) is 0.283. The number of hydrogen-bond donors (Lipinski definition) is 1. The van der Waals surface area contributed by atoms with Gasteiger partial charge in [0.1, 0.15) is 5.82 Å². The summed E-state index contributed by atoms with van der Waals surface area (Å²) in [4.78, 5) is 18.1. The standard InChI is InChI=1S/C20H27FN4O.HI/c1-16-7-6-8-19(26)25(16)14-5-4-13-23-20(22-2)24(3)15-17-9-11-18(21)12-10-17;/h6-12H,4-5,13-15H2,1-3H3,(H,22,23);1H. The van der Waals surface area contributed by atoms with Crippen molar-refractivity contribution in [3.8, 4) is 0 Å². The number of nitrogens with one attached hydrogen (secondary N) is 1. The maximum atomic E-state index is 13.0. The van der Waals surface area contributed by atoms with Crippen molar-refractivity contribution >= 4 is 29.9 Å². The second kappa shape index (κ2) is 11.7. The number of nitrogens with zero attached hydrogens (tertiary/aromatic N) is 3. The Bertz CT molecular complexity index is 789. The number of unbranched alkanes of at least 4 members (excludes halogenated alkanes) is 1. The highest BCUT2D eigenvalue weighted by Crippen LogP contribution is 2.06. The van der Waals surface area contributed by atoms with Crippen LogP contribution in [0.1, 0.15) is 24.1 Å². The van der Waals surface area contributed by atoms with E-state index in [0.717, 1.165) is 43.1 Å². The van der Waals surface area contributed by atoms with E-state index in [1.165, 1.54) is 12.1 Å². The van der Waals surface area contributed by atoms with Crippen LogP contribution in [0.2, 0.25) is 0 Å². The zero-order valence-corrected chi connectivity index (χ0v) is 18.4. The first-order valence-corrected chi connectivity index (χ1v) is 8.84. The summed E-state index contributed by atoms with van der Waals surface area (Å²) in [6.07, 6.45) is 1.85. The molecule has 1 heterocycles. The van der Waals surface area contributed by atoms with Gasteiger partial charge in [0.25, 0.3) is 5.56 Å². The summed E-state index contributed by atoms with van der Waals surface area (Å²) in [7, 11) is 3.70. The Balaban J connectivity index is 0.00000364. The Morgan fingerprint density at radius 3 is 2.52 bits per heavy atom. The number of aliphatic imine (C=N–C) groups is 1. The minimum Gasteiger partial charge on any atom is -0.356 e. The molecule has 5 nitrogen and oxygen atoms in total. The molecule has 0 aliphatic carbocycles. The summed E-state index contributed by atoms with van der Waals surface area (Å²) in [6, 6.07) is 11.8. The number of guanidine groups is 1. The molecule has 1 N–H and O–H groups in total. The van der Waals surface area contributed by atoms with Crippen molar-refractivity contribution in [1.29, 1.82) is 0 Å². The molecule has 0 aliphatic heterocycles. The molecule has 2 rings (SSSR count). The number of rotatable bonds is 7. The largest absolute Gasteiger partial charge is 0.356 e. The highest BCUT2D eigenvalue weighted by molar-refractivity contribution is 14.0. The van der Waals surface area contributed by atoms with Crippen LogP contribution in [0.15, 0.2) is 52.3 Å². The summed E-state index contributed by atoms with van der Waals surface area (Å²) >= 11 is 0. The van der Waals surface area contributed by atoms with Crippen molar-refractivity contribution in [3.63, 3.8) is 0 Å². The Labute approximate surface area is 177 Å². The lowest BCUT2D eigenvalue weighted by Crippen LogP contribution is -2.39. The SMILES string of the molecule is CN=C(NCCCCn1c(C)cccc1=O)N(C)Cc1ccc(F)cc1.I. The van der Waals surface area contributed by atoms with Gasteiger partial charge in [-0.25, -0.2) is 4.39 Å². The van der Waals surface area contributed by atoms with Crippen LogP contribution >= 0.6 is 24.0 Å². The molecule has 0 spiro atoms. The molecular weight excluding hydrogens is 458 g/mol. The van der Waals surface area contributed by atoms with E-state index >= 15 is 0 Å². The summed E-state index contributed by atoms with van der Waals surface area (Å²) in [6.45, 7) is 4.10. The van der Waals surface area contributed by atoms with Crippen molar-refractivity contribution < 1.29 is 4.39 Å². The van der Waals surface area contributed by atoms with Gasteiger partial charge in [0.15, 0.2) is 5.96 Å². The van der Waals surface area contributed by atoms with Gasteiger partial charge in [-0.05, 0) is 43.5 Å². The third kappa shape index (κ3) is 7.32. The highest BCUT2D eigenvalue weighted by Gasteiger charge is 2.06. The van der Waals surface area contributed by atoms with Gasteiger partial charge in [0.05, 0.1) is 0 Å². The van der Waals surface area contributed by atoms with Crippen molar-refractivity contribution in [2.75, 3.05) is 20.6 Å². The van der Waals surface area contributed by atoms with Crippen LogP contribution in [-0.2, 0) is 13.1 Å². The molecule has 0 unspecified atom stereocenters. The van der Waals surface area contributed by atoms with Crippen molar-refractivity contribution in [1.82, 2.24) is 14.8 Å². The van der Waals surface area contributed by atoms with Crippen LogP contribution in [0.5, 0.6) is 0 Å². The Kier molecular flexibility index (Phi) is 10.1. The molecule has 0 saturated heterocycles. The number of aromatic nitrogens is 1. The monoisotopic (exact) mass is 486 g/mol. The van der Waals surface area contributed by atoms with E-state index in [-0.39, 0.29) is 35.4 Å². The normalized spacial score (nSPS) is 11.0. The van der Waals surface area contributed by atoms with E-state index in [4.69, 9.17) is 0 Å². The fourth-order valence-corrected chi connectivity index (χ4v) is 2.83. The molecule has 0 bridgehead atoms. The average molecular weight is 486 g/mol. The molecule has 1 aromatic heterocycles. The van der Waals surface area contributed by atoms with Crippen LogP contribution < -0.4 is 10.9 Å².